The van der Waals surface area contributed by atoms with Crippen molar-refractivity contribution < 1.29 is 23.8 Å². The van der Waals surface area contributed by atoms with E-state index in [9.17, 15) is 14.0 Å². The van der Waals surface area contributed by atoms with Crippen LogP contribution in [-0.2, 0) is 9.59 Å². The van der Waals surface area contributed by atoms with Crippen molar-refractivity contribution in [3.8, 4) is 5.75 Å². The number of benzene rings is 1. The first-order valence-corrected chi connectivity index (χ1v) is 6.71. The first-order chi connectivity index (χ1) is 9.75. The van der Waals surface area contributed by atoms with Crippen molar-refractivity contribution in [3.63, 3.8) is 0 Å². The zero-order chi connectivity index (χ0) is 15.7. The predicted octanol–water partition coefficient (Wildman–Crippen LogP) is 1.96. The van der Waals surface area contributed by atoms with Crippen LogP contribution in [0.15, 0.2) is 24.3 Å². The summed E-state index contributed by atoms with van der Waals surface area (Å²) in [6.45, 7) is 3.25. The summed E-state index contributed by atoms with van der Waals surface area (Å²) >= 11 is 0. The van der Waals surface area contributed by atoms with Crippen LogP contribution in [0.4, 0.5) is 4.39 Å². The number of nitrogens with one attached hydrogen (secondary N) is 1. The van der Waals surface area contributed by atoms with Gasteiger partial charge in [-0.2, -0.15) is 0 Å². The van der Waals surface area contributed by atoms with Gasteiger partial charge in [-0.25, -0.2) is 4.39 Å². The topological polar surface area (TPSA) is 75.6 Å². The van der Waals surface area contributed by atoms with E-state index in [2.05, 4.69) is 5.32 Å². The Bertz CT molecular complexity index is 549. The molecule has 1 amide bonds. The molecule has 0 saturated heterocycles. The minimum Gasteiger partial charge on any atom is -0.481 e. The number of carbonyl (C=O) groups excluding carboxylic acids is 1. The Hall–Kier alpha value is -2.11. The molecule has 1 saturated carbocycles. The zero-order valence-electron chi connectivity index (χ0n) is 12.0. The fourth-order valence-electron chi connectivity index (χ4n) is 1.92. The molecule has 1 aromatic carbocycles. The van der Waals surface area contributed by atoms with Crippen LogP contribution in [0.5, 0.6) is 5.75 Å². The Morgan fingerprint density at radius 3 is 2.38 bits per heavy atom. The molecule has 1 fully saturated rings. The largest absolute Gasteiger partial charge is 0.481 e. The summed E-state index contributed by atoms with van der Waals surface area (Å²) in [6.07, 6.45) is 1.14. The number of carboxylic acids is 1. The molecular weight excluding hydrogens is 277 g/mol. The number of halogens is 1. The lowest BCUT2D eigenvalue weighted by atomic mass is 10.1. The highest BCUT2D eigenvalue weighted by Gasteiger charge is 2.50. The standard InChI is InChI=1S/C15H18FNO4/c1-14(2,21-11-5-3-10(16)4-6-11)12(18)17-9-15(7-8-15)13(19)20/h3-6H,7-9H2,1-2H3,(H,17,18)(H,19,20). The van der Waals surface area contributed by atoms with Crippen LogP contribution in [0.25, 0.3) is 0 Å². The third kappa shape index (κ3) is 3.51. The molecule has 0 spiro atoms. The van der Waals surface area contributed by atoms with E-state index in [0.29, 0.717) is 18.6 Å². The molecule has 1 aliphatic carbocycles. The Morgan fingerprint density at radius 1 is 1.33 bits per heavy atom. The van der Waals surface area contributed by atoms with Crippen molar-refractivity contribution in [2.45, 2.75) is 32.3 Å². The molecule has 0 unspecified atom stereocenters. The lowest BCUT2D eigenvalue weighted by molar-refractivity contribution is -0.143. The predicted molar refractivity (Wildman–Crippen MR) is 73.4 cm³/mol. The maximum Gasteiger partial charge on any atom is 0.311 e. The number of carboxylic acid groups (broad SMARTS) is 1. The number of rotatable bonds is 6. The summed E-state index contributed by atoms with van der Waals surface area (Å²) in [5.41, 5.74) is -1.99. The Balaban J connectivity index is 1.94. The molecule has 21 heavy (non-hydrogen) atoms. The molecule has 2 rings (SSSR count). The van der Waals surface area contributed by atoms with Crippen molar-refractivity contribution in [1.29, 1.82) is 0 Å². The molecule has 0 heterocycles. The average Bonchev–Trinajstić information content (AvgIpc) is 3.19. The molecular formula is C15H18FNO4. The third-order valence-corrected chi connectivity index (χ3v) is 3.63. The summed E-state index contributed by atoms with van der Waals surface area (Å²) in [5.74, 6) is -1.31. The van der Waals surface area contributed by atoms with Gasteiger partial charge in [0, 0.05) is 6.54 Å². The van der Waals surface area contributed by atoms with Gasteiger partial charge in [-0.1, -0.05) is 0 Å². The Morgan fingerprint density at radius 2 is 1.90 bits per heavy atom. The third-order valence-electron chi connectivity index (χ3n) is 3.63. The van der Waals surface area contributed by atoms with Gasteiger partial charge in [0.2, 0.25) is 0 Å². The van der Waals surface area contributed by atoms with Crippen LogP contribution in [0.3, 0.4) is 0 Å². The van der Waals surface area contributed by atoms with E-state index in [0.717, 1.165) is 0 Å². The first kappa shape index (κ1) is 15.3. The van der Waals surface area contributed by atoms with Crippen molar-refractivity contribution in [2.75, 3.05) is 6.54 Å². The van der Waals surface area contributed by atoms with Gasteiger partial charge in [0.05, 0.1) is 5.41 Å². The highest BCUT2D eigenvalue weighted by atomic mass is 19.1. The molecule has 0 radical (unpaired) electrons. The van der Waals surface area contributed by atoms with Crippen molar-refractivity contribution >= 4 is 11.9 Å². The lowest BCUT2D eigenvalue weighted by Gasteiger charge is -2.26. The minimum absolute atomic E-state index is 0.0946. The van der Waals surface area contributed by atoms with Gasteiger partial charge in [0.1, 0.15) is 11.6 Å². The van der Waals surface area contributed by atoms with Gasteiger partial charge in [0.25, 0.3) is 5.91 Å². The Kier molecular flexibility index (Phi) is 3.89. The molecule has 114 valence electrons. The van der Waals surface area contributed by atoms with Crippen molar-refractivity contribution in [2.24, 2.45) is 5.41 Å². The van der Waals surface area contributed by atoms with E-state index in [4.69, 9.17) is 9.84 Å². The summed E-state index contributed by atoms with van der Waals surface area (Å²) in [6, 6.07) is 5.36. The summed E-state index contributed by atoms with van der Waals surface area (Å²) < 4.78 is 18.4. The second-order valence-corrected chi connectivity index (χ2v) is 5.83. The van der Waals surface area contributed by atoms with Gasteiger partial charge < -0.3 is 15.2 Å². The van der Waals surface area contributed by atoms with Crippen LogP contribution in [-0.4, -0.2) is 29.1 Å². The fraction of sp³-hybridized carbons (Fsp3) is 0.467. The van der Waals surface area contributed by atoms with Gasteiger partial charge in [-0.15, -0.1) is 0 Å². The number of amides is 1. The van der Waals surface area contributed by atoms with E-state index in [-0.39, 0.29) is 12.4 Å². The monoisotopic (exact) mass is 295 g/mol. The maximum absolute atomic E-state index is 12.8. The molecule has 0 bridgehead atoms. The maximum atomic E-state index is 12.8. The van der Waals surface area contributed by atoms with E-state index < -0.39 is 22.9 Å². The Labute approximate surface area is 122 Å². The molecule has 1 aromatic rings. The average molecular weight is 295 g/mol. The van der Waals surface area contributed by atoms with E-state index in [1.807, 2.05) is 0 Å². The van der Waals surface area contributed by atoms with Crippen molar-refractivity contribution in [1.82, 2.24) is 5.32 Å². The summed E-state index contributed by atoms with van der Waals surface area (Å²) in [7, 11) is 0. The molecule has 0 atom stereocenters. The second-order valence-electron chi connectivity index (χ2n) is 5.83. The van der Waals surface area contributed by atoms with Crippen LogP contribution in [0.2, 0.25) is 0 Å². The highest BCUT2D eigenvalue weighted by Crippen LogP contribution is 2.45. The molecule has 6 heteroatoms. The number of aliphatic carboxylic acids is 1. The molecule has 5 nitrogen and oxygen atoms in total. The van der Waals surface area contributed by atoms with E-state index in [1.54, 1.807) is 13.8 Å². The molecule has 1 aliphatic rings. The van der Waals surface area contributed by atoms with E-state index >= 15 is 0 Å². The number of carbonyl (C=O) groups is 2. The summed E-state index contributed by atoms with van der Waals surface area (Å²) in [5, 5.41) is 11.7. The lowest BCUT2D eigenvalue weighted by Crippen LogP contribution is -2.48. The second kappa shape index (κ2) is 5.35. The fourth-order valence-corrected chi connectivity index (χ4v) is 1.92. The van der Waals surface area contributed by atoms with Crippen LogP contribution >= 0.6 is 0 Å². The number of ether oxygens (including phenoxy) is 1. The quantitative estimate of drug-likeness (QED) is 0.841. The summed E-state index contributed by atoms with van der Waals surface area (Å²) in [4.78, 5) is 23.2. The van der Waals surface area contributed by atoms with Crippen LogP contribution in [0, 0.1) is 11.2 Å². The molecule has 0 aromatic heterocycles. The first-order valence-electron chi connectivity index (χ1n) is 6.71. The smallest absolute Gasteiger partial charge is 0.311 e. The minimum atomic E-state index is -1.17. The van der Waals surface area contributed by atoms with Gasteiger partial charge >= 0.3 is 5.97 Å². The molecule has 0 aliphatic heterocycles. The SMILES string of the molecule is CC(C)(Oc1ccc(F)cc1)C(=O)NCC1(C(=O)O)CC1. The molecule has 2 N–H and O–H groups in total. The normalized spacial score (nSPS) is 16.1. The van der Waals surface area contributed by atoms with Crippen LogP contribution < -0.4 is 10.1 Å². The van der Waals surface area contributed by atoms with Crippen molar-refractivity contribution in [3.05, 3.63) is 30.1 Å². The van der Waals surface area contributed by atoms with Gasteiger partial charge in [-0.05, 0) is 51.0 Å². The number of hydrogen-bond acceptors (Lipinski definition) is 3. The van der Waals surface area contributed by atoms with Gasteiger partial charge in [-0.3, -0.25) is 9.59 Å². The van der Waals surface area contributed by atoms with Crippen LogP contribution in [0.1, 0.15) is 26.7 Å². The number of hydrogen-bond donors (Lipinski definition) is 2. The van der Waals surface area contributed by atoms with E-state index in [1.165, 1.54) is 24.3 Å². The van der Waals surface area contributed by atoms with Gasteiger partial charge in [0.15, 0.2) is 5.60 Å². The highest BCUT2D eigenvalue weighted by molar-refractivity contribution is 5.86. The zero-order valence-corrected chi connectivity index (χ0v) is 12.0.